The molecule has 0 bridgehead atoms. The van der Waals surface area contributed by atoms with Crippen molar-refractivity contribution >= 4 is 17.3 Å². The maximum atomic E-state index is 12.6. The molecule has 0 saturated heterocycles. The number of aliphatic carboxylic acids is 1. The fourth-order valence-electron chi connectivity index (χ4n) is 4.05. The molecule has 2 aliphatic rings. The molecule has 0 atom stereocenters. The van der Waals surface area contributed by atoms with E-state index in [-0.39, 0.29) is 5.57 Å². The highest BCUT2D eigenvalue weighted by Crippen LogP contribution is 2.43. The second-order valence-electron chi connectivity index (χ2n) is 7.35. The van der Waals surface area contributed by atoms with Crippen LogP contribution < -0.4 is 14.8 Å². The van der Waals surface area contributed by atoms with Crippen LogP contribution in [0.5, 0.6) is 11.5 Å². The van der Waals surface area contributed by atoms with Gasteiger partial charge in [0.25, 0.3) is 0 Å². The summed E-state index contributed by atoms with van der Waals surface area (Å²) in [5, 5.41) is 12.3. The molecule has 0 aliphatic carbocycles. The predicted molar refractivity (Wildman–Crippen MR) is 114 cm³/mol. The molecule has 2 aromatic carbocycles. The average molecular weight is 405 g/mol. The number of fused-ring (bicyclic) bond motifs is 3. The van der Waals surface area contributed by atoms with Crippen LogP contribution in [0.3, 0.4) is 0 Å². The second-order valence-corrected chi connectivity index (χ2v) is 7.35. The quantitative estimate of drug-likeness (QED) is 0.762. The van der Waals surface area contributed by atoms with E-state index in [1.165, 1.54) is 12.3 Å². The van der Waals surface area contributed by atoms with Crippen molar-refractivity contribution in [3.63, 3.8) is 0 Å². The topological polar surface area (TPSA) is 84.9 Å². The van der Waals surface area contributed by atoms with Crippen molar-refractivity contribution in [2.45, 2.75) is 19.8 Å². The minimum atomic E-state index is -1.24. The number of carboxylic acids is 1. The summed E-state index contributed by atoms with van der Waals surface area (Å²) in [4.78, 5) is 24.0. The second kappa shape index (κ2) is 8.06. The van der Waals surface area contributed by atoms with Crippen LogP contribution in [-0.4, -0.2) is 37.1 Å². The van der Waals surface area contributed by atoms with Gasteiger partial charge in [0.05, 0.1) is 13.7 Å². The third-order valence-electron chi connectivity index (χ3n) is 5.51. The van der Waals surface area contributed by atoms with E-state index in [0.29, 0.717) is 19.6 Å². The highest BCUT2D eigenvalue weighted by molar-refractivity contribution is 6.22. The number of carbonyl (C=O) groups excluding carboxylic acids is 1. The summed E-state index contributed by atoms with van der Waals surface area (Å²) in [6.45, 7) is 2.99. The third-order valence-corrected chi connectivity index (χ3v) is 5.51. The first-order valence-corrected chi connectivity index (χ1v) is 9.85. The highest BCUT2D eigenvalue weighted by atomic mass is 16.5. The van der Waals surface area contributed by atoms with Crippen LogP contribution in [0.2, 0.25) is 0 Å². The lowest BCUT2D eigenvalue weighted by Crippen LogP contribution is -2.19. The summed E-state index contributed by atoms with van der Waals surface area (Å²) in [5.74, 6) is -0.140. The van der Waals surface area contributed by atoms with Gasteiger partial charge < -0.3 is 19.9 Å². The average Bonchev–Trinajstić information content (AvgIpc) is 3.22. The number of hydrogen-bond acceptors (Lipinski definition) is 5. The van der Waals surface area contributed by atoms with Crippen molar-refractivity contribution in [3.8, 4) is 22.6 Å². The van der Waals surface area contributed by atoms with Gasteiger partial charge in [0, 0.05) is 30.3 Å². The Morgan fingerprint density at radius 3 is 2.77 bits per heavy atom. The number of nitrogens with one attached hydrogen (secondary N) is 1. The number of rotatable bonds is 3. The van der Waals surface area contributed by atoms with Gasteiger partial charge in [0.1, 0.15) is 17.1 Å². The van der Waals surface area contributed by atoms with Crippen molar-refractivity contribution in [3.05, 3.63) is 64.9 Å². The number of methoxy groups -OCH3 is 1. The molecule has 154 valence electrons. The minimum Gasteiger partial charge on any atom is -0.497 e. The van der Waals surface area contributed by atoms with E-state index in [1.54, 1.807) is 7.11 Å². The first-order chi connectivity index (χ1) is 14.5. The maximum Gasteiger partial charge on any atom is 0.341 e. The molecule has 6 nitrogen and oxygen atoms in total. The number of ketones is 1. The van der Waals surface area contributed by atoms with Crippen molar-refractivity contribution in [1.82, 2.24) is 5.32 Å². The molecule has 2 N–H and O–H groups in total. The standard InChI is InChI=1S/C24H23NO5/c1-14-10-22(26)21(24(27)28)13-25-8-6-17-18-7-9-30-23(18)20(12-19(14)17)15-4-3-5-16(11-15)29-2/h3-5,10-13,25H,6-9H2,1-2H3,(H,27,28)/b14-10+,21-13+. The lowest BCUT2D eigenvalue weighted by molar-refractivity contribution is -0.134. The zero-order chi connectivity index (χ0) is 21.3. The predicted octanol–water partition coefficient (Wildman–Crippen LogP) is 3.38. The zero-order valence-electron chi connectivity index (χ0n) is 17.0. The fourth-order valence-corrected chi connectivity index (χ4v) is 4.05. The van der Waals surface area contributed by atoms with Gasteiger partial charge in [-0.2, -0.15) is 0 Å². The molecule has 2 aromatic rings. The van der Waals surface area contributed by atoms with Crippen LogP contribution in [0.15, 0.2) is 48.2 Å². The van der Waals surface area contributed by atoms with E-state index in [1.807, 2.05) is 37.3 Å². The molecular formula is C24H23NO5. The van der Waals surface area contributed by atoms with Gasteiger partial charge in [0.15, 0.2) is 5.78 Å². The fraction of sp³-hybridized carbons (Fsp3) is 0.250. The molecule has 2 aliphatic heterocycles. The van der Waals surface area contributed by atoms with Crippen LogP contribution >= 0.6 is 0 Å². The zero-order valence-corrected chi connectivity index (χ0v) is 17.0. The molecule has 0 unspecified atom stereocenters. The Labute approximate surface area is 174 Å². The van der Waals surface area contributed by atoms with Crippen molar-refractivity contribution < 1.29 is 24.2 Å². The summed E-state index contributed by atoms with van der Waals surface area (Å²) in [6.07, 6.45) is 4.19. The number of hydrogen-bond donors (Lipinski definition) is 2. The van der Waals surface area contributed by atoms with Gasteiger partial charge in [-0.1, -0.05) is 12.1 Å². The molecule has 0 radical (unpaired) electrons. The first kappa shape index (κ1) is 19.8. The van der Waals surface area contributed by atoms with E-state index < -0.39 is 11.8 Å². The minimum absolute atomic E-state index is 0.268. The molecule has 0 aromatic heterocycles. The van der Waals surface area contributed by atoms with Crippen LogP contribution in [0, 0.1) is 0 Å². The molecule has 0 spiro atoms. The SMILES string of the molecule is COc1cccc(-c2cc3c(c4c2OCC4)CCN/C=C(/C(=O)O)C(=O)/C=C/3C)c1. The molecule has 4 rings (SSSR count). The lowest BCUT2D eigenvalue weighted by Gasteiger charge is -2.19. The Hall–Kier alpha value is -3.54. The highest BCUT2D eigenvalue weighted by Gasteiger charge is 2.26. The molecule has 30 heavy (non-hydrogen) atoms. The Morgan fingerprint density at radius 2 is 2.00 bits per heavy atom. The van der Waals surface area contributed by atoms with Gasteiger partial charge in [0.2, 0.25) is 0 Å². The van der Waals surface area contributed by atoms with Crippen LogP contribution in [0.25, 0.3) is 16.7 Å². The summed E-state index contributed by atoms with van der Waals surface area (Å²) in [7, 11) is 1.63. The normalized spacial score (nSPS) is 19.2. The van der Waals surface area contributed by atoms with Gasteiger partial charge in [-0.05, 0) is 59.9 Å². The first-order valence-electron chi connectivity index (χ1n) is 9.85. The van der Waals surface area contributed by atoms with E-state index in [0.717, 1.165) is 51.3 Å². The van der Waals surface area contributed by atoms with Gasteiger partial charge in [-0.25, -0.2) is 4.79 Å². The van der Waals surface area contributed by atoms with E-state index in [9.17, 15) is 14.7 Å². The van der Waals surface area contributed by atoms with Crippen molar-refractivity contribution in [2.75, 3.05) is 20.3 Å². The largest absolute Gasteiger partial charge is 0.497 e. The molecule has 2 heterocycles. The Morgan fingerprint density at radius 1 is 1.17 bits per heavy atom. The summed E-state index contributed by atoms with van der Waals surface area (Å²) in [5.41, 5.74) is 5.61. The number of benzene rings is 2. The van der Waals surface area contributed by atoms with Crippen molar-refractivity contribution in [1.29, 1.82) is 0 Å². The molecule has 0 amide bonds. The molecule has 6 heteroatoms. The molecule has 0 saturated carbocycles. The number of carboxylic acid groups (broad SMARTS) is 1. The summed E-state index contributed by atoms with van der Waals surface area (Å²) >= 11 is 0. The van der Waals surface area contributed by atoms with E-state index in [4.69, 9.17) is 9.47 Å². The monoisotopic (exact) mass is 405 g/mol. The molecular weight excluding hydrogens is 382 g/mol. The summed E-state index contributed by atoms with van der Waals surface area (Å²) < 4.78 is 11.4. The molecule has 0 fully saturated rings. The Balaban J connectivity index is 1.91. The van der Waals surface area contributed by atoms with Crippen LogP contribution in [0.1, 0.15) is 23.6 Å². The smallest absolute Gasteiger partial charge is 0.341 e. The summed E-state index contributed by atoms with van der Waals surface area (Å²) in [6, 6.07) is 9.83. The number of ether oxygens (including phenoxy) is 2. The van der Waals surface area contributed by atoms with Crippen LogP contribution in [-0.2, 0) is 22.4 Å². The Kier molecular flexibility index (Phi) is 5.31. The number of allylic oxidation sites excluding steroid dienone is 2. The van der Waals surface area contributed by atoms with E-state index >= 15 is 0 Å². The van der Waals surface area contributed by atoms with Gasteiger partial charge >= 0.3 is 5.97 Å². The number of carbonyl (C=O) groups is 2. The van der Waals surface area contributed by atoms with Gasteiger partial charge in [-0.3, -0.25) is 4.79 Å². The maximum absolute atomic E-state index is 12.6. The lowest BCUT2D eigenvalue weighted by atomic mass is 9.87. The van der Waals surface area contributed by atoms with Crippen molar-refractivity contribution in [2.24, 2.45) is 0 Å². The third kappa shape index (κ3) is 3.56. The van der Waals surface area contributed by atoms with Crippen LogP contribution in [0.4, 0.5) is 0 Å². The Bertz CT molecular complexity index is 1100. The van der Waals surface area contributed by atoms with E-state index in [2.05, 4.69) is 5.32 Å². The van der Waals surface area contributed by atoms with Gasteiger partial charge in [-0.15, -0.1) is 0 Å².